The van der Waals surface area contributed by atoms with Gasteiger partial charge in [0, 0.05) is 6.20 Å². The van der Waals surface area contributed by atoms with Gasteiger partial charge < -0.3 is 10.5 Å². The molecule has 94 valence electrons. The van der Waals surface area contributed by atoms with Crippen LogP contribution in [0.1, 0.15) is 21.1 Å². The van der Waals surface area contributed by atoms with Crippen molar-refractivity contribution in [2.45, 2.75) is 13.8 Å². The molecule has 6 nitrogen and oxygen atoms in total. The first-order chi connectivity index (χ1) is 8.52. The van der Waals surface area contributed by atoms with Gasteiger partial charge in [0.2, 0.25) is 0 Å². The molecule has 0 fully saturated rings. The average molecular weight is 264 g/mol. The number of aromatic nitrogens is 3. The molecule has 0 saturated heterocycles. The van der Waals surface area contributed by atoms with Crippen molar-refractivity contribution in [3.8, 4) is 11.4 Å². The Balaban J connectivity index is 2.60. The third-order valence-electron chi connectivity index (χ3n) is 2.31. The molecule has 0 atom stereocenters. The standard InChI is InChI=1S/C11H12N4O2S/c1-5-4-13-7(6(2)14-5)8-9(10(16)17-3)18-11(12)15-8/h4H,1-3H3,(H2,12,15). The molecule has 0 aliphatic heterocycles. The number of carbonyl (C=O) groups excluding carboxylic acids is 1. The summed E-state index contributed by atoms with van der Waals surface area (Å²) in [5.41, 5.74) is 8.12. The molecule has 2 aromatic rings. The summed E-state index contributed by atoms with van der Waals surface area (Å²) in [6, 6.07) is 0. The number of hydrogen-bond donors (Lipinski definition) is 1. The Morgan fingerprint density at radius 1 is 1.33 bits per heavy atom. The minimum absolute atomic E-state index is 0.298. The van der Waals surface area contributed by atoms with Gasteiger partial charge in [-0.2, -0.15) is 0 Å². The van der Waals surface area contributed by atoms with Crippen LogP contribution in [0, 0.1) is 13.8 Å². The second kappa shape index (κ2) is 4.69. The Morgan fingerprint density at radius 2 is 2.06 bits per heavy atom. The minimum atomic E-state index is -0.471. The number of nitrogen functional groups attached to an aromatic ring is 1. The third-order valence-corrected chi connectivity index (χ3v) is 3.17. The average Bonchev–Trinajstić information content (AvgIpc) is 2.70. The van der Waals surface area contributed by atoms with Gasteiger partial charge in [-0.3, -0.25) is 9.97 Å². The maximum atomic E-state index is 11.6. The largest absolute Gasteiger partial charge is 0.465 e. The fraction of sp³-hybridized carbons (Fsp3) is 0.273. The van der Waals surface area contributed by atoms with Gasteiger partial charge in [0.25, 0.3) is 0 Å². The normalized spacial score (nSPS) is 10.4. The van der Waals surface area contributed by atoms with Crippen molar-refractivity contribution in [3.05, 3.63) is 22.5 Å². The summed E-state index contributed by atoms with van der Waals surface area (Å²) < 4.78 is 4.70. The lowest BCUT2D eigenvalue weighted by molar-refractivity contribution is 0.0607. The summed E-state index contributed by atoms with van der Waals surface area (Å²) in [7, 11) is 1.32. The summed E-state index contributed by atoms with van der Waals surface area (Å²) in [6.07, 6.45) is 1.62. The van der Waals surface area contributed by atoms with Gasteiger partial charge >= 0.3 is 5.97 Å². The second-order valence-corrected chi connectivity index (χ2v) is 4.70. The van der Waals surface area contributed by atoms with E-state index in [2.05, 4.69) is 15.0 Å². The molecule has 2 N–H and O–H groups in total. The number of carbonyl (C=O) groups is 1. The van der Waals surface area contributed by atoms with Crippen molar-refractivity contribution in [2.24, 2.45) is 0 Å². The van der Waals surface area contributed by atoms with Gasteiger partial charge in [-0.15, -0.1) is 0 Å². The van der Waals surface area contributed by atoms with Crippen LogP contribution in [0.4, 0.5) is 5.13 Å². The maximum absolute atomic E-state index is 11.6. The molecular weight excluding hydrogens is 252 g/mol. The van der Waals surface area contributed by atoms with Crippen LogP contribution >= 0.6 is 11.3 Å². The number of nitrogens with two attached hydrogens (primary N) is 1. The lowest BCUT2D eigenvalue weighted by Crippen LogP contribution is -2.03. The lowest BCUT2D eigenvalue weighted by Gasteiger charge is -2.03. The van der Waals surface area contributed by atoms with E-state index in [4.69, 9.17) is 10.5 Å². The van der Waals surface area contributed by atoms with Crippen molar-refractivity contribution in [2.75, 3.05) is 12.8 Å². The van der Waals surface area contributed by atoms with E-state index in [1.807, 2.05) is 13.8 Å². The zero-order valence-electron chi connectivity index (χ0n) is 10.2. The highest BCUT2D eigenvalue weighted by Crippen LogP contribution is 2.30. The van der Waals surface area contributed by atoms with Crippen LogP contribution < -0.4 is 5.73 Å². The van der Waals surface area contributed by atoms with Crippen molar-refractivity contribution in [3.63, 3.8) is 0 Å². The first-order valence-corrected chi connectivity index (χ1v) is 5.99. The Bertz CT molecular complexity index is 609. The van der Waals surface area contributed by atoms with Crippen LogP contribution in [0.15, 0.2) is 6.20 Å². The van der Waals surface area contributed by atoms with Crippen molar-refractivity contribution < 1.29 is 9.53 Å². The molecule has 0 spiro atoms. The Morgan fingerprint density at radius 3 is 2.67 bits per heavy atom. The van der Waals surface area contributed by atoms with Crippen LogP contribution in [0.3, 0.4) is 0 Å². The quantitative estimate of drug-likeness (QED) is 0.828. The van der Waals surface area contributed by atoms with E-state index in [0.717, 1.165) is 17.0 Å². The predicted molar refractivity (Wildman–Crippen MR) is 68.4 cm³/mol. The second-order valence-electron chi connectivity index (χ2n) is 3.67. The first kappa shape index (κ1) is 12.4. The van der Waals surface area contributed by atoms with E-state index in [1.54, 1.807) is 6.20 Å². The molecule has 2 rings (SSSR count). The van der Waals surface area contributed by atoms with Gasteiger partial charge in [-0.25, -0.2) is 9.78 Å². The highest BCUT2D eigenvalue weighted by molar-refractivity contribution is 7.17. The summed E-state index contributed by atoms with van der Waals surface area (Å²) in [4.78, 5) is 24.7. The van der Waals surface area contributed by atoms with E-state index in [1.165, 1.54) is 7.11 Å². The van der Waals surface area contributed by atoms with E-state index in [9.17, 15) is 4.79 Å². The number of aryl methyl sites for hydroxylation is 2. The molecule has 2 heterocycles. The van der Waals surface area contributed by atoms with Crippen molar-refractivity contribution >= 4 is 22.4 Å². The molecular formula is C11H12N4O2S. The van der Waals surface area contributed by atoms with Crippen molar-refractivity contribution in [1.29, 1.82) is 0 Å². The number of rotatable bonds is 2. The van der Waals surface area contributed by atoms with Crippen molar-refractivity contribution in [1.82, 2.24) is 15.0 Å². The lowest BCUT2D eigenvalue weighted by atomic mass is 10.2. The smallest absolute Gasteiger partial charge is 0.350 e. The first-order valence-electron chi connectivity index (χ1n) is 5.18. The number of thiazole rings is 1. The summed E-state index contributed by atoms with van der Waals surface area (Å²) in [6.45, 7) is 3.66. The summed E-state index contributed by atoms with van der Waals surface area (Å²) in [5.74, 6) is -0.471. The molecule has 0 aromatic carbocycles. The van der Waals surface area contributed by atoms with Gasteiger partial charge in [-0.05, 0) is 13.8 Å². The number of esters is 1. The number of ether oxygens (including phenoxy) is 1. The van der Waals surface area contributed by atoms with E-state index in [0.29, 0.717) is 27.1 Å². The highest BCUT2D eigenvalue weighted by Gasteiger charge is 2.21. The minimum Gasteiger partial charge on any atom is -0.465 e. The number of methoxy groups -OCH3 is 1. The Kier molecular flexibility index (Phi) is 3.24. The van der Waals surface area contributed by atoms with Crippen LogP contribution in [0.25, 0.3) is 11.4 Å². The topological polar surface area (TPSA) is 91.0 Å². The number of anilines is 1. The fourth-order valence-electron chi connectivity index (χ4n) is 1.56. The molecule has 0 bridgehead atoms. The molecule has 18 heavy (non-hydrogen) atoms. The zero-order valence-corrected chi connectivity index (χ0v) is 11.0. The van der Waals surface area contributed by atoms with Crippen LogP contribution in [-0.2, 0) is 4.74 Å². The van der Waals surface area contributed by atoms with Gasteiger partial charge in [0.15, 0.2) is 5.13 Å². The van der Waals surface area contributed by atoms with Gasteiger partial charge in [0.1, 0.15) is 16.3 Å². The molecule has 0 aliphatic carbocycles. The van der Waals surface area contributed by atoms with Crippen LogP contribution in [-0.4, -0.2) is 28.0 Å². The molecule has 0 amide bonds. The molecule has 7 heteroatoms. The predicted octanol–water partition coefficient (Wildman–Crippen LogP) is 1.59. The van der Waals surface area contributed by atoms with E-state index in [-0.39, 0.29) is 0 Å². The monoisotopic (exact) mass is 264 g/mol. The SMILES string of the molecule is COC(=O)c1sc(N)nc1-c1ncc(C)nc1C. The van der Waals surface area contributed by atoms with Gasteiger partial charge in [-0.1, -0.05) is 11.3 Å². The van der Waals surface area contributed by atoms with Gasteiger partial charge in [0.05, 0.1) is 18.5 Å². The maximum Gasteiger partial charge on any atom is 0.350 e. The summed E-state index contributed by atoms with van der Waals surface area (Å²) in [5, 5.41) is 0.298. The number of nitrogens with zero attached hydrogens (tertiary/aromatic N) is 3. The molecule has 0 unspecified atom stereocenters. The van der Waals surface area contributed by atoms with E-state index >= 15 is 0 Å². The molecule has 0 radical (unpaired) electrons. The van der Waals surface area contributed by atoms with Crippen LogP contribution in [0.5, 0.6) is 0 Å². The number of hydrogen-bond acceptors (Lipinski definition) is 7. The molecule has 0 aliphatic rings. The summed E-state index contributed by atoms with van der Waals surface area (Å²) >= 11 is 1.08. The van der Waals surface area contributed by atoms with Crippen LogP contribution in [0.2, 0.25) is 0 Å². The third kappa shape index (κ3) is 2.17. The Labute approximate surface area is 108 Å². The molecule has 2 aromatic heterocycles. The molecule has 0 saturated carbocycles. The fourth-order valence-corrected chi connectivity index (χ4v) is 2.31. The Hall–Kier alpha value is -2.02. The highest BCUT2D eigenvalue weighted by atomic mass is 32.1. The zero-order chi connectivity index (χ0) is 13.3. The van der Waals surface area contributed by atoms with E-state index < -0.39 is 5.97 Å².